The third-order valence-corrected chi connectivity index (χ3v) is 4.72. The number of anilines is 2. The average molecular weight is 396 g/mol. The molecule has 2 aromatic rings. The Morgan fingerprint density at radius 2 is 1.97 bits per heavy atom. The molecule has 2 aromatic carbocycles. The third kappa shape index (κ3) is 4.70. The van der Waals surface area contributed by atoms with Crippen molar-refractivity contribution in [2.75, 3.05) is 23.4 Å². The summed E-state index contributed by atoms with van der Waals surface area (Å²) in [6.07, 6.45) is 1.05. The Morgan fingerprint density at radius 3 is 2.72 bits per heavy atom. The van der Waals surface area contributed by atoms with Gasteiger partial charge >= 0.3 is 0 Å². The summed E-state index contributed by atoms with van der Waals surface area (Å²) in [6, 6.07) is 13.1. The van der Waals surface area contributed by atoms with Gasteiger partial charge in [0.15, 0.2) is 5.60 Å². The first-order chi connectivity index (χ1) is 13.8. The molecule has 6 nitrogen and oxygen atoms in total. The number of fused-ring (bicyclic) bond motifs is 1. The molecule has 0 radical (unpaired) electrons. The molecule has 0 bridgehead atoms. The summed E-state index contributed by atoms with van der Waals surface area (Å²) in [5.74, 6) is 0.963. The summed E-state index contributed by atoms with van der Waals surface area (Å²) < 4.78 is 11.6. The van der Waals surface area contributed by atoms with Gasteiger partial charge in [-0.15, -0.1) is 0 Å². The molecule has 0 saturated carbocycles. The van der Waals surface area contributed by atoms with E-state index < -0.39 is 5.60 Å². The van der Waals surface area contributed by atoms with Crippen LogP contribution in [0.3, 0.4) is 0 Å². The van der Waals surface area contributed by atoms with Crippen LogP contribution < -0.4 is 19.7 Å². The lowest BCUT2D eigenvalue weighted by Gasteiger charge is -2.38. The summed E-state index contributed by atoms with van der Waals surface area (Å²) in [7, 11) is 0. The molecule has 0 fully saturated rings. The summed E-state index contributed by atoms with van der Waals surface area (Å²) in [5, 5.41) is 2.90. The van der Waals surface area contributed by atoms with Crippen LogP contribution in [0.5, 0.6) is 11.5 Å². The molecule has 0 unspecified atom stereocenters. The number of para-hydroxylation sites is 2. The number of nitrogens with zero attached hydrogens (tertiary/aromatic N) is 1. The Kier molecular flexibility index (Phi) is 6.11. The molecular formula is C23H28N2O4. The van der Waals surface area contributed by atoms with E-state index in [1.54, 1.807) is 18.7 Å². The van der Waals surface area contributed by atoms with Crippen LogP contribution in [0.15, 0.2) is 42.5 Å². The van der Waals surface area contributed by atoms with Gasteiger partial charge in [0.1, 0.15) is 11.5 Å². The van der Waals surface area contributed by atoms with Crippen LogP contribution in [-0.4, -0.2) is 30.6 Å². The molecule has 0 aromatic heterocycles. The molecule has 1 aliphatic rings. The molecule has 2 amide bonds. The van der Waals surface area contributed by atoms with Crippen molar-refractivity contribution in [2.24, 2.45) is 0 Å². The molecule has 154 valence electrons. The zero-order valence-electron chi connectivity index (χ0n) is 17.5. The van der Waals surface area contributed by atoms with Crippen molar-refractivity contribution in [3.63, 3.8) is 0 Å². The lowest BCUT2D eigenvalue weighted by molar-refractivity contribution is -0.132. The minimum Gasteiger partial charge on any atom is -0.491 e. The van der Waals surface area contributed by atoms with E-state index in [1.807, 2.05) is 56.3 Å². The van der Waals surface area contributed by atoms with E-state index in [0.717, 1.165) is 12.0 Å². The Hall–Kier alpha value is -3.02. The van der Waals surface area contributed by atoms with Gasteiger partial charge in [0.25, 0.3) is 5.91 Å². The smallest absolute Gasteiger partial charge is 0.270 e. The van der Waals surface area contributed by atoms with Crippen molar-refractivity contribution in [1.29, 1.82) is 0 Å². The predicted octanol–water partition coefficient (Wildman–Crippen LogP) is 4.32. The number of carbonyl (C=O) groups is 2. The number of hydrogen-bond acceptors (Lipinski definition) is 4. The van der Waals surface area contributed by atoms with Crippen LogP contribution in [0.25, 0.3) is 0 Å². The Labute approximate surface area is 171 Å². The van der Waals surface area contributed by atoms with E-state index in [1.165, 1.54) is 0 Å². The summed E-state index contributed by atoms with van der Waals surface area (Å²) >= 11 is 0. The zero-order chi connectivity index (χ0) is 21.0. The summed E-state index contributed by atoms with van der Waals surface area (Å²) in [6.45, 7) is 8.33. The van der Waals surface area contributed by atoms with Crippen molar-refractivity contribution in [3.8, 4) is 11.5 Å². The molecule has 0 spiro atoms. The van der Waals surface area contributed by atoms with Crippen LogP contribution in [0.4, 0.5) is 11.4 Å². The highest BCUT2D eigenvalue weighted by molar-refractivity contribution is 6.03. The van der Waals surface area contributed by atoms with E-state index in [4.69, 9.17) is 9.47 Å². The van der Waals surface area contributed by atoms with E-state index in [2.05, 4.69) is 5.32 Å². The lowest BCUT2D eigenvalue weighted by Crippen LogP contribution is -2.53. The van der Waals surface area contributed by atoms with Crippen LogP contribution in [0.1, 0.15) is 39.2 Å². The summed E-state index contributed by atoms with van der Waals surface area (Å²) in [5.41, 5.74) is 1.39. The van der Waals surface area contributed by atoms with Gasteiger partial charge in [0.2, 0.25) is 5.91 Å². The first kappa shape index (κ1) is 20.7. The average Bonchev–Trinajstić information content (AvgIpc) is 2.68. The quantitative estimate of drug-likeness (QED) is 0.757. The fourth-order valence-electron chi connectivity index (χ4n) is 3.23. The first-order valence-corrected chi connectivity index (χ1v) is 9.95. The molecule has 6 heteroatoms. The molecule has 0 aliphatic carbocycles. The number of ether oxygens (including phenoxy) is 2. The van der Waals surface area contributed by atoms with Gasteiger partial charge in [-0.05, 0) is 57.0 Å². The number of amides is 2. The Bertz CT molecular complexity index is 908. The predicted molar refractivity (Wildman–Crippen MR) is 114 cm³/mol. The second-order valence-electron chi connectivity index (χ2n) is 7.68. The largest absolute Gasteiger partial charge is 0.491 e. The highest BCUT2D eigenvalue weighted by Gasteiger charge is 2.40. The van der Waals surface area contributed by atoms with E-state index in [-0.39, 0.29) is 24.8 Å². The Balaban J connectivity index is 1.72. The standard InChI is InChI=1S/C23H28N2O4/c1-5-14-28-19-9-7-6-8-17(19)24-21(26)12-13-25-18-15-16(2)10-11-20(18)29-23(3,4)22(25)27/h6-11,15H,5,12-14H2,1-4H3,(H,24,26). The van der Waals surface area contributed by atoms with Gasteiger partial charge in [-0.3, -0.25) is 9.59 Å². The monoisotopic (exact) mass is 396 g/mol. The maximum atomic E-state index is 12.9. The maximum Gasteiger partial charge on any atom is 0.270 e. The van der Waals surface area contributed by atoms with Crippen LogP contribution in [0, 0.1) is 6.92 Å². The number of benzene rings is 2. The minimum atomic E-state index is -0.973. The van der Waals surface area contributed by atoms with Gasteiger partial charge in [-0.1, -0.05) is 25.1 Å². The van der Waals surface area contributed by atoms with Gasteiger partial charge in [-0.2, -0.15) is 0 Å². The zero-order valence-corrected chi connectivity index (χ0v) is 17.5. The molecule has 1 aliphatic heterocycles. The second kappa shape index (κ2) is 8.55. The van der Waals surface area contributed by atoms with E-state index >= 15 is 0 Å². The second-order valence-corrected chi connectivity index (χ2v) is 7.68. The molecular weight excluding hydrogens is 368 g/mol. The van der Waals surface area contributed by atoms with Gasteiger partial charge in [0, 0.05) is 13.0 Å². The molecule has 0 saturated heterocycles. The van der Waals surface area contributed by atoms with Crippen molar-refractivity contribution in [1.82, 2.24) is 0 Å². The van der Waals surface area contributed by atoms with Crippen molar-refractivity contribution in [3.05, 3.63) is 48.0 Å². The molecule has 1 heterocycles. The van der Waals surface area contributed by atoms with Crippen molar-refractivity contribution in [2.45, 2.75) is 46.1 Å². The maximum absolute atomic E-state index is 12.9. The van der Waals surface area contributed by atoms with E-state index in [9.17, 15) is 9.59 Å². The van der Waals surface area contributed by atoms with Gasteiger partial charge in [0.05, 0.1) is 18.0 Å². The highest BCUT2D eigenvalue weighted by Crippen LogP contribution is 2.38. The number of aryl methyl sites for hydroxylation is 1. The number of hydrogen-bond donors (Lipinski definition) is 1. The first-order valence-electron chi connectivity index (χ1n) is 9.95. The highest BCUT2D eigenvalue weighted by atomic mass is 16.5. The van der Waals surface area contributed by atoms with Crippen molar-refractivity contribution >= 4 is 23.2 Å². The molecule has 29 heavy (non-hydrogen) atoms. The normalized spacial score (nSPS) is 14.8. The molecule has 3 rings (SSSR count). The lowest BCUT2D eigenvalue weighted by atomic mass is 10.0. The molecule has 1 N–H and O–H groups in total. The van der Waals surface area contributed by atoms with Gasteiger partial charge in [-0.25, -0.2) is 0 Å². The molecule has 0 atom stereocenters. The fourth-order valence-corrected chi connectivity index (χ4v) is 3.23. The Morgan fingerprint density at radius 1 is 1.21 bits per heavy atom. The summed E-state index contributed by atoms with van der Waals surface area (Å²) in [4.78, 5) is 27.1. The van der Waals surface area contributed by atoms with Crippen LogP contribution in [-0.2, 0) is 9.59 Å². The third-order valence-electron chi connectivity index (χ3n) is 4.72. The number of rotatable bonds is 7. The number of carbonyl (C=O) groups excluding carboxylic acids is 2. The SMILES string of the molecule is CCCOc1ccccc1NC(=O)CCN1C(=O)C(C)(C)Oc2ccc(C)cc21. The topological polar surface area (TPSA) is 67.9 Å². The number of nitrogens with one attached hydrogen (secondary N) is 1. The van der Waals surface area contributed by atoms with Crippen molar-refractivity contribution < 1.29 is 19.1 Å². The fraction of sp³-hybridized carbons (Fsp3) is 0.391. The van der Waals surface area contributed by atoms with Crippen LogP contribution in [0.2, 0.25) is 0 Å². The van der Waals surface area contributed by atoms with E-state index in [0.29, 0.717) is 29.5 Å². The van der Waals surface area contributed by atoms with Gasteiger partial charge < -0.3 is 19.7 Å². The van der Waals surface area contributed by atoms with Crippen LogP contribution >= 0.6 is 0 Å². The minimum absolute atomic E-state index is 0.157.